The molecule has 0 unspecified atom stereocenters. The van der Waals surface area contributed by atoms with Gasteiger partial charge in [-0.1, -0.05) is 39.8 Å². The molecule has 0 aromatic heterocycles. The highest BCUT2D eigenvalue weighted by molar-refractivity contribution is 5.75. The summed E-state index contributed by atoms with van der Waals surface area (Å²) in [6, 6.07) is 6.02. The number of benzene rings is 1. The molecule has 0 spiro atoms. The Morgan fingerprint density at radius 3 is 2.27 bits per heavy atom. The van der Waals surface area contributed by atoms with Gasteiger partial charge in [0.2, 0.25) is 0 Å². The number of rotatable bonds is 4. The molecule has 1 aromatic rings. The Bertz CT molecular complexity index is 342. The van der Waals surface area contributed by atoms with Crippen molar-refractivity contribution < 1.29 is 4.79 Å². The first-order valence-electron chi connectivity index (χ1n) is 5.33. The van der Waals surface area contributed by atoms with Crippen molar-refractivity contribution in [1.82, 2.24) is 0 Å². The highest BCUT2D eigenvalue weighted by atomic mass is 16.1. The van der Waals surface area contributed by atoms with Crippen LogP contribution in [0.3, 0.4) is 0 Å². The second-order valence-electron chi connectivity index (χ2n) is 4.34. The summed E-state index contributed by atoms with van der Waals surface area (Å²) in [5, 5.41) is 2.65. The second kappa shape index (κ2) is 4.96. The summed E-state index contributed by atoms with van der Waals surface area (Å²) in [6.07, 6.45) is 1.75. The maximum atomic E-state index is 10.4. The molecular weight excluding hydrogens is 186 g/mol. The third kappa shape index (κ3) is 2.58. The van der Waals surface area contributed by atoms with Crippen LogP contribution in [0.4, 0.5) is 5.69 Å². The molecule has 0 aliphatic rings. The van der Waals surface area contributed by atoms with E-state index in [0.29, 0.717) is 11.8 Å². The average molecular weight is 204 g/mol. The standard InChI is InChI=1S/C13H18NO/c1-9(2)11-6-5-7-12(14-8-15)13(11)10(3)4/h5-7,9-10H,1-4H3,(H,14,15). The summed E-state index contributed by atoms with van der Waals surface area (Å²) in [7, 11) is 0. The predicted molar refractivity (Wildman–Crippen MR) is 63.9 cm³/mol. The van der Waals surface area contributed by atoms with Gasteiger partial charge in [-0.05, 0) is 29.0 Å². The van der Waals surface area contributed by atoms with Gasteiger partial charge in [-0.25, -0.2) is 0 Å². The lowest BCUT2D eigenvalue weighted by molar-refractivity contribution is 0.561. The highest BCUT2D eigenvalue weighted by Gasteiger charge is 2.13. The zero-order chi connectivity index (χ0) is 11.4. The van der Waals surface area contributed by atoms with Crippen molar-refractivity contribution >= 4 is 12.1 Å². The molecule has 0 atom stereocenters. The number of hydrogen-bond acceptors (Lipinski definition) is 1. The van der Waals surface area contributed by atoms with Gasteiger partial charge in [-0.2, -0.15) is 0 Å². The maximum absolute atomic E-state index is 10.4. The van der Waals surface area contributed by atoms with Crippen LogP contribution < -0.4 is 5.32 Å². The Balaban J connectivity index is 3.27. The van der Waals surface area contributed by atoms with Crippen LogP contribution in [-0.4, -0.2) is 6.41 Å². The van der Waals surface area contributed by atoms with E-state index in [1.165, 1.54) is 11.1 Å². The highest BCUT2D eigenvalue weighted by Crippen LogP contribution is 2.31. The molecule has 0 heterocycles. The van der Waals surface area contributed by atoms with Crippen LogP contribution in [0, 0.1) is 0 Å². The van der Waals surface area contributed by atoms with E-state index in [4.69, 9.17) is 0 Å². The topological polar surface area (TPSA) is 29.1 Å². The predicted octanol–water partition coefficient (Wildman–Crippen LogP) is 3.41. The van der Waals surface area contributed by atoms with Gasteiger partial charge >= 0.3 is 6.41 Å². The zero-order valence-electron chi connectivity index (χ0n) is 9.79. The molecule has 81 valence electrons. The van der Waals surface area contributed by atoms with Gasteiger partial charge in [0.05, 0.1) is 0 Å². The molecule has 2 nitrogen and oxygen atoms in total. The van der Waals surface area contributed by atoms with Crippen LogP contribution in [-0.2, 0) is 4.79 Å². The SMILES string of the molecule is CC(C)c1cccc(N[C]=O)c1C(C)C. The van der Waals surface area contributed by atoms with Gasteiger partial charge in [0.1, 0.15) is 0 Å². The third-order valence-corrected chi connectivity index (χ3v) is 2.52. The van der Waals surface area contributed by atoms with Crippen LogP contribution in [0.5, 0.6) is 0 Å². The van der Waals surface area contributed by atoms with Crippen molar-refractivity contribution in [3.63, 3.8) is 0 Å². The van der Waals surface area contributed by atoms with Gasteiger partial charge in [-0.15, -0.1) is 0 Å². The number of anilines is 1. The molecule has 1 radical (unpaired) electrons. The molecule has 15 heavy (non-hydrogen) atoms. The molecule has 0 aliphatic carbocycles. The number of carbonyl (C=O) groups excluding carboxylic acids is 1. The minimum absolute atomic E-state index is 0.402. The molecule has 0 aliphatic heterocycles. The Hall–Kier alpha value is -1.31. The van der Waals surface area contributed by atoms with E-state index in [1.807, 2.05) is 12.1 Å². The van der Waals surface area contributed by atoms with E-state index in [2.05, 4.69) is 39.1 Å². The molecule has 1 aromatic carbocycles. The first kappa shape index (κ1) is 11.8. The zero-order valence-corrected chi connectivity index (χ0v) is 9.79. The van der Waals surface area contributed by atoms with E-state index in [1.54, 1.807) is 6.41 Å². The van der Waals surface area contributed by atoms with E-state index in [-0.39, 0.29) is 0 Å². The molecule has 0 saturated carbocycles. The van der Waals surface area contributed by atoms with Crippen molar-refractivity contribution in [3.05, 3.63) is 29.3 Å². The Labute approximate surface area is 91.7 Å². The van der Waals surface area contributed by atoms with Crippen molar-refractivity contribution in [2.45, 2.75) is 39.5 Å². The minimum Gasteiger partial charge on any atom is -0.318 e. The number of nitrogens with one attached hydrogen (secondary N) is 1. The van der Waals surface area contributed by atoms with Crippen LogP contribution in [0.15, 0.2) is 18.2 Å². The number of hydrogen-bond donors (Lipinski definition) is 1. The van der Waals surface area contributed by atoms with Crippen LogP contribution in [0.1, 0.15) is 50.7 Å². The monoisotopic (exact) mass is 204 g/mol. The van der Waals surface area contributed by atoms with E-state index < -0.39 is 0 Å². The summed E-state index contributed by atoms with van der Waals surface area (Å²) < 4.78 is 0. The van der Waals surface area contributed by atoms with E-state index in [0.717, 1.165) is 5.69 Å². The fraction of sp³-hybridized carbons (Fsp3) is 0.462. The Kier molecular flexibility index (Phi) is 3.89. The summed E-state index contributed by atoms with van der Waals surface area (Å²) >= 11 is 0. The largest absolute Gasteiger partial charge is 0.318 e. The van der Waals surface area contributed by atoms with Crippen molar-refractivity contribution in [3.8, 4) is 0 Å². The third-order valence-electron chi connectivity index (χ3n) is 2.52. The first-order valence-corrected chi connectivity index (χ1v) is 5.33. The quantitative estimate of drug-likeness (QED) is 0.748. The fourth-order valence-electron chi connectivity index (χ4n) is 1.89. The van der Waals surface area contributed by atoms with Gasteiger partial charge < -0.3 is 5.32 Å². The van der Waals surface area contributed by atoms with E-state index >= 15 is 0 Å². The van der Waals surface area contributed by atoms with Crippen molar-refractivity contribution in [2.24, 2.45) is 0 Å². The fourth-order valence-corrected chi connectivity index (χ4v) is 1.89. The van der Waals surface area contributed by atoms with Gasteiger partial charge in [0.25, 0.3) is 0 Å². The summed E-state index contributed by atoms with van der Waals surface area (Å²) in [5.41, 5.74) is 3.40. The Morgan fingerprint density at radius 1 is 1.13 bits per heavy atom. The van der Waals surface area contributed by atoms with Gasteiger partial charge in [0.15, 0.2) is 0 Å². The lowest BCUT2D eigenvalue weighted by atomic mass is 9.89. The lowest BCUT2D eigenvalue weighted by Crippen LogP contribution is -2.05. The lowest BCUT2D eigenvalue weighted by Gasteiger charge is -2.19. The van der Waals surface area contributed by atoms with Gasteiger partial charge in [-0.3, -0.25) is 4.79 Å². The molecule has 0 saturated heterocycles. The molecule has 2 heteroatoms. The molecule has 1 rings (SSSR count). The Morgan fingerprint density at radius 2 is 1.80 bits per heavy atom. The van der Waals surface area contributed by atoms with Crippen molar-refractivity contribution in [2.75, 3.05) is 5.32 Å². The number of amides is 1. The van der Waals surface area contributed by atoms with Gasteiger partial charge in [0, 0.05) is 5.69 Å². The van der Waals surface area contributed by atoms with E-state index in [9.17, 15) is 4.79 Å². The van der Waals surface area contributed by atoms with Crippen LogP contribution in [0.2, 0.25) is 0 Å². The smallest absolute Gasteiger partial charge is 0.314 e. The van der Waals surface area contributed by atoms with Crippen LogP contribution >= 0.6 is 0 Å². The summed E-state index contributed by atoms with van der Waals surface area (Å²) in [5.74, 6) is 0.871. The summed E-state index contributed by atoms with van der Waals surface area (Å²) in [6.45, 7) is 8.60. The molecular formula is C13H18NO. The molecule has 0 fully saturated rings. The molecule has 1 N–H and O–H groups in total. The average Bonchev–Trinajstić information content (AvgIpc) is 2.17. The second-order valence-corrected chi connectivity index (χ2v) is 4.34. The minimum atomic E-state index is 0.402. The van der Waals surface area contributed by atoms with Crippen LogP contribution in [0.25, 0.3) is 0 Å². The summed E-state index contributed by atoms with van der Waals surface area (Å²) in [4.78, 5) is 10.4. The maximum Gasteiger partial charge on any atom is 0.314 e. The molecule has 1 amide bonds. The van der Waals surface area contributed by atoms with Crippen molar-refractivity contribution in [1.29, 1.82) is 0 Å². The normalized spacial score (nSPS) is 10.8. The first-order chi connectivity index (χ1) is 7.07. The molecule has 0 bridgehead atoms.